The van der Waals surface area contributed by atoms with E-state index < -0.39 is 0 Å². The third kappa shape index (κ3) is 4.90. The highest BCUT2D eigenvalue weighted by Gasteiger charge is 2.25. The van der Waals surface area contributed by atoms with Gasteiger partial charge in [-0.05, 0) is 63.7 Å². The molecule has 1 saturated carbocycles. The lowest BCUT2D eigenvalue weighted by Crippen LogP contribution is -2.42. The van der Waals surface area contributed by atoms with Crippen molar-refractivity contribution < 1.29 is 4.92 Å². The first kappa shape index (κ1) is 18.2. The van der Waals surface area contributed by atoms with Gasteiger partial charge in [-0.2, -0.15) is 0 Å². The van der Waals surface area contributed by atoms with E-state index in [2.05, 4.69) is 10.2 Å². The number of nitro benzene ring substituents is 1. The number of halogens is 1. The molecule has 6 heteroatoms. The lowest BCUT2D eigenvalue weighted by molar-refractivity contribution is -0.385. The summed E-state index contributed by atoms with van der Waals surface area (Å²) in [6.07, 6.45) is 5.16. The Morgan fingerprint density at radius 1 is 1.26 bits per heavy atom. The molecule has 2 aliphatic rings. The number of piperidine rings is 1. The number of rotatable bonds is 6. The standard InChI is InChI=1S/C17H25N3O2.ClH/c1-13-15(3-2-4-17(13)20(21)22)12-19-9-7-16(8-10-19)18-11-14-5-6-14;/h2-4,14,16,18H,5-12H2,1H3;1H. The van der Waals surface area contributed by atoms with Crippen molar-refractivity contribution in [3.63, 3.8) is 0 Å². The number of hydrogen-bond donors (Lipinski definition) is 1. The molecule has 1 saturated heterocycles. The molecule has 0 bridgehead atoms. The second kappa shape index (κ2) is 8.08. The van der Waals surface area contributed by atoms with Crippen molar-refractivity contribution in [2.45, 2.75) is 45.2 Å². The van der Waals surface area contributed by atoms with Gasteiger partial charge in [0.2, 0.25) is 0 Å². The Hall–Kier alpha value is -1.17. The number of nitrogens with one attached hydrogen (secondary N) is 1. The molecule has 5 nitrogen and oxygen atoms in total. The fourth-order valence-electron chi connectivity index (χ4n) is 3.23. The van der Waals surface area contributed by atoms with E-state index in [4.69, 9.17) is 0 Å². The van der Waals surface area contributed by atoms with E-state index in [1.54, 1.807) is 12.1 Å². The summed E-state index contributed by atoms with van der Waals surface area (Å²) in [5.41, 5.74) is 2.12. The molecular weight excluding hydrogens is 314 g/mol. The van der Waals surface area contributed by atoms with Gasteiger partial charge in [-0.15, -0.1) is 12.4 Å². The van der Waals surface area contributed by atoms with Crippen LogP contribution in [0.2, 0.25) is 0 Å². The topological polar surface area (TPSA) is 58.4 Å². The summed E-state index contributed by atoms with van der Waals surface area (Å²) in [4.78, 5) is 13.2. The van der Waals surface area contributed by atoms with Crippen LogP contribution in [0.5, 0.6) is 0 Å². The van der Waals surface area contributed by atoms with Crippen LogP contribution >= 0.6 is 12.4 Å². The molecule has 1 aliphatic carbocycles. The quantitative estimate of drug-likeness (QED) is 0.638. The smallest absolute Gasteiger partial charge is 0.272 e. The number of benzene rings is 1. The predicted molar refractivity (Wildman–Crippen MR) is 94.1 cm³/mol. The van der Waals surface area contributed by atoms with Crippen LogP contribution in [0.4, 0.5) is 5.69 Å². The maximum atomic E-state index is 11.0. The van der Waals surface area contributed by atoms with Crippen molar-refractivity contribution in [2.75, 3.05) is 19.6 Å². The Bertz CT molecular complexity index is 541. The van der Waals surface area contributed by atoms with Crippen LogP contribution in [0.15, 0.2) is 18.2 Å². The molecule has 128 valence electrons. The Morgan fingerprint density at radius 2 is 1.96 bits per heavy atom. The van der Waals surface area contributed by atoms with Gasteiger partial charge < -0.3 is 5.32 Å². The van der Waals surface area contributed by atoms with Gasteiger partial charge in [0.25, 0.3) is 5.69 Å². The Morgan fingerprint density at radius 3 is 2.57 bits per heavy atom. The zero-order chi connectivity index (χ0) is 15.5. The molecule has 0 atom stereocenters. The van der Waals surface area contributed by atoms with Gasteiger partial charge in [-0.25, -0.2) is 0 Å². The molecule has 0 aromatic heterocycles. The lowest BCUT2D eigenvalue weighted by atomic mass is 10.0. The Balaban J connectivity index is 0.00000192. The van der Waals surface area contributed by atoms with E-state index in [-0.39, 0.29) is 23.0 Å². The van der Waals surface area contributed by atoms with Crippen LogP contribution in [0.1, 0.15) is 36.8 Å². The van der Waals surface area contributed by atoms with Crippen LogP contribution in [0, 0.1) is 23.0 Å². The molecule has 2 fully saturated rings. The van der Waals surface area contributed by atoms with E-state index in [0.717, 1.165) is 36.7 Å². The monoisotopic (exact) mass is 339 g/mol. The summed E-state index contributed by atoms with van der Waals surface area (Å²) in [5, 5.41) is 14.7. The normalized spacial score (nSPS) is 19.3. The summed E-state index contributed by atoms with van der Waals surface area (Å²) in [7, 11) is 0. The molecule has 0 unspecified atom stereocenters. The highest BCUT2D eigenvalue weighted by Crippen LogP contribution is 2.28. The van der Waals surface area contributed by atoms with Gasteiger partial charge in [0.05, 0.1) is 4.92 Å². The number of likely N-dealkylation sites (tertiary alicyclic amines) is 1. The van der Waals surface area contributed by atoms with Crippen molar-refractivity contribution in [3.8, 4) is 0 Å². The fraction of sp³-hybridized carbons (Fsp3) is 0.647. The van der Waals surface area contributed by atoms with Crippen LogP contribution < -0.4 is 5.32 Å². The van der Waals surface area contributed by atoms with Crippen LogP contribution in [0.3, 0.4) is 0 Å². The third-order valence-electron chi connectivity index (χ3n) is 4.99. The summed E-state index contributed by atoms with van der Waals surface area (Å²) in [5.74, 6) is 0.936. The Kier molecular flexibility index (Phi) is 6.39. The third-order valence-corrected chi connectivity index (χ3v) is 4.99. The zero-order valence-corrected chi connectivity index (χ0v) is 14.5. The molecule has 1 aliphatic heterocycles. The first-order valence-corrected chi connectivity index (χ1v) is 8.32. The van der Waals surface area contributed by atoms with Gasteiger partial charge >= 0.3 is 0 Å². The van der Waals surface area contributed by atoms with Gasteiger partial charge in [-0.3, -0.25) is 15.0 Å². The van der Waals surface area contributed by atoms with E-state index >= 15 is 0 Å². The minimum Gasteiger partial charge on any atom is -0.314 e. The molecule has 0 amide bonds. The predicted octanol–water partition coefficient (Wildman–Crippen LogP) is 3.29. The lowest BCUT2D eigenvalue weighted by Gasteiger charge is -2.32. The van der Waals surface area contributed by atoms with E-state index in [9.17, 15) is 10.1 Å². The Labute approximate surface area is 144 Å². The summed E-state index contributed by atoms with van der Waals surface area (Å²) in [6, 6.07) is 6.06. The molecule has 0 radical (unpaired) electrons. The average molecular weight is 340 g/mol. The summed E-state index contributed by atoms with van der Waals surface area (Å²) in [6.45, 7) is 6.02. The molecule has 1 N–H and O–H groups in total. The van der Waals surface area contributed by atoms with Crippen molar-refractivity contribution in [1.82, 2.24) is 10.2 Å². The van der Waals surface area contributed by atoms with Crippen molar-refractivity contribution >= 4 is 18.1 Å². The minimum atomic E-state index is -0.285. The highest BCUT2D eigenvalue weighted by molar-refractivity contribution is 5.85. The number of nitrogens with zero attached hydrogens (tertiary/aromatic N) is 2. The van der Waals surface area contributed by atoms with Crippen molar-refractivity contribution in [1.29, 1.82) is 0 Å². The SMILES string of the molecule is Cc1c(CN2CCC(NCC3CC3)CC2)cccc1[N+](=O)[O-].Cl. The van der Waals surface area contributed by atoms with Gasteiger partial charge in [0.1, 0.15) is 0 Å². The van der Waals surface area contributed by atoms with E-state index in [1.165, 1.54) is 32.2 Å². The van der Waals surface area contributed by atoms with Gasteiger partial charge in [0, 0.05) is 24.2 Å². The number of hydrogen-bond acceptors (Lipinski definition) is 4. The van der Waals surface area contributed by atoms with Gasteiger partial charge in [0.15, 0.2) is 0 Å². The van der Waals surface area contributed by atoms with Crippen LogP contribution in [0.25, 0.3) is 0 Å². The minimum absolute atomic E-state index is 0. The first-order chi connectivity index (χ1) is 10.6. The molecule has 3 rings (SSSR count). The average Bonchev–Trinajstić information content (AvgIpc) is 3.32. The largest absolute Gasteiger partial charge is 0.314 e. The maximum Gasteiger partial charge on any atom is 0.272 e. The van der Waals surface area contributed by atoms with Crippen LogP contribution in [-0.2, 0) is 6.54 Å². The molecule has 0 spiro atoms. The maximum absolute atomic E-state index is 11.0. The first-order valence-electron chi connectivity index (χ1n) is 8.32. The molecule has 1 aromatic carbocycles. The summed E-state index contributed by atoms with van der Waals surface area (Å²) >= 11 is 0. The second-order valence-corrected chi connectivity index (χ2v) is 6.72. The van der Waals surface area contributed by atoms with Crippen molar-refractivity contribution in [3.05, 3.63) is 39.4 Å². The van der Waals surface area contributed by atoms with Crippen molar-refractivity contribution in [2.24, 2.45) is 5.92 Å². The molecule has 1 aromatic rings. The highest BCUT2D eigenvalue weighted by atomic mass is 35.5. The molecular formula is C17H26ClN3O2. The molecule has 1 heterocycles. The second-order valence-electron chi connectivity index (χ2n) is 6.72. The van der Waals surface area contributed by atoms with Gasteiger partial charge in [-0.1, -0.05) is 12.1 Å². The molecule has 23 heavy (non-hydrogen) atoms. The summed E-state index contributed by atoms with van der Waals surface area (Å²) < 4.78 is 0. The zero-order valence-electron chi connectivity index (χ0n) is 13.7. The van der Waals surface area contributed by atoms with E-state index in [0.29, 0.717) is 6.04 Å². The van der Waals surface area contributed by atoms with E-state index in [1.807, 2.05) is 13.0 Å². The van der Waals surface area contributed by atoms with Crippen LogP contribution in [-0.4, -0.2) is 35.5 Å². The fourth-order valence-corrected chi connectivity index (χ4v) is 3.23. The number of nitro groups is 1.